The van der Waals surface area contributed by atoms with Crippen LogP contribution in [0.2, 0.25) is 0 Å². The fourth-order valence-corrected chi connectivity index (χ4v) is 2.62. The highest BCUT2D eigenvalue weighted by Gasteiger charge is 2.14. The summed E-state index contributed by atoms with van der Waals surface area (Å²) < 4.78 is 0. The van der Waals surface area contributed by atoms with Gasteiger partial charge in [0.15, 0.2) is 0 Å². The van der Waals surface area contributed by atoms with Crippen LogP contribution in [0.5, 0.6) is 0 Å². The van der Waals surface area contributed by atoms with E-state index in [1.165, 1.54) is 0 Å². The first-order chi connectivity index (χ1) is 8.04. The lowest BCUT2D eigenvalue weighted by Crippen LogP contribution is -2.35. The van der Waals surface area contributed by atoms with Crippen LogP contribution in [0.15, 0.2) is 0 Å². The van der Waals surface area contributed by atoms with Crippen molar-refractivity contribution in [3.63, 3.8) is 0 Å². The Morgan fingerprint density at radius 3 is 2.71 bits per heavy atom. The molecule has 1 aromatic rings. The van der Waals surface area contributed by atoms with Gasteiger partial charge < -0.3 is 10.6 Å². The molecule has 0 radical (unpaired) electrons. The highest BCUT2D eigenvalue weighted by atomic mass is 32.1. The fraction of sp³-hybridized carbons (Fsp3) is 0.667. The molecule has 1 aromatic heterocycles. The number of hydrogen-bond donors (Lipinski definition) is 2. The van der Waals surface area contributed by atoms with Crippen LogP contribution in [-0.2, 0) is 4.79 Å². The van der Waals surface area contributed by atoms with Gasteiger partial charge in [0.2, 0.25) is 5.91 Å². The lowest BCUT2D eigenvalue weighted by Gasteiger charge is -2.13. The van der Waals surface area contributed by atoms with E-state index in [4.69, 9.17) is 0 Å². The van der Waals surface area contributed by atoms with E-state index in [-0.39, 0.29) is 11.9 Å². The van der Waals surface area contributed by atoms with Gasteiger partial charge in [0, 0.05) is 4.88 Å². The predicted octanol–water partition coefficient (Wildman–Crippen LogP) is 1.94. The Kier molecular flexibility index (Phi) is 5.58. The first-order valence-electron chi connectivity index (χ1n) is 5.98. The quantitative estimate of drug-likeness (QED) is 0.764. The Bertz CT molecular complexity index is 376. The van der Waals surface area contributed by atoms with E-state index in [0.717, 1.165) is 28.5 Å². The molecule has 0 spiro atoms. The summed E-state index contributed by atoms with van der Waals surface area (Å²) in [7, 11) is 0. The molecule has 0 saturated carbocycles. The SMILES string of the molecule is CCCNCC(=O)NC(C)c1sc(C)nc1C. The summed E-state index contributed by atoms with van der Waals surface area (Å²) in [5.41, 5.74) is 1.02. The van der Waals surface area contributed by atoms with E-state index in [9.17, 15) is 4.79 Å². The van der Waals surface area contributed by atoms with Gasteiger partial charge in [-0.3, -0.25) is 4.79 Å². The summed E-state index contributed by atoms with van der Waals surface area (Å²) in [6.45, 7) is 9.31. The van der Waals surface area contributed by atoms with Crippen LogP contribution in [0.25, 0.3) is 0 Å². The third kappa shape index (κ3) is 4.44. The molecule has 1 heterocycles. The second-order valence-corrected chi connectivity index (χ2v) is 5.38. The standard InChI is InChI=1S/C12H21N3OS/c1-5-6-13-7-11(16)15-9(3)12-8(2)14-10(4)17-12/h9,13H,5-7H2,1-4H3,(H,15,16). The number of nitrogens with one attached hydrogen (secondary N) is 2. The highest BCUT2D eigenvalue weighted by molar-refractivity contribution is 7.11. The number of carbonyl (C=O) groups excluding carboxylic acids is 1. The molecule has 1 rings (SSSR count). The molecule has 0 aliphatic heterocycles. The molecule has 4 nitrogen and oxygen atoms in total. The summed E-state index contributed by atoms with van der Waals surface area (Å²) in [5.74, 6) is 0.0383. The first kappa shape index (κ1) is 14.1. The van der Waals surface area contributed by atoms with E-state index in [0.29, 0.717) is 6.54 Å². The first-order valence-corrected chi connectivity index (χ1v) is 6.80. The van der Waals surface area contributed by atoms with Gasteiger partial charge in [-0.25, -0.2) is 4.98 Å². The number of aromatic nitrogens is 1. The molecule has 1 atom stereocenters. The monoisotopic (exact) mass is 255 g/mol. The van der Waals surface area contributed by atoms with Gasteiger partial charge in [-0.15, -0.1) is 11.3 Å². The summed E-state index contributed by atoms with van der Waals surface area (Å²) in [6, 6.07) is 0.0390. The smallest absolute Gasteiger partial charge is 0.234 e. The summed E-state index contributed by atoms with van der Waals surface area (Å²) in [4.78, 5) is 17.1. The van der Waals surface area contributed by atoms with Gasteiger partial charge in [0.1, 0.15) is 0 Å². The molecule has 0 bridgehead atoms. The molecule has 0 aliphatic rings. The van der Waals surface area contributed by atoms with Crippen molar-refractivity contribution in [3.8, 4) is 0 Å². The molecule has 1 unspecified atom stereocenters. The van der Waals surface area contributed by atoms with Crippen LogP contribution in [-0.4, -0.2) is 24.0 Å². The van der Waals surface area contributed by atoms with E-state index in [1.54, 1.807) is 11.3 Å². The van der Waals surface area contributed by atoms with Crippen LogP contribution in [0.4, 0.5) is 0 Å². The number of carbonyl (C=O) groups is 1. The number of rotatable bonds is 6. The molecule has 0 saturated heterocycles. The second kappa shape index (κ2) is 6.71. The average molecular weight is 255 g/mol. The average Bonchev–Trinajstić information content (AvgIpc) is 2.58. The van der Waals surface area contributed by atoms with Crippen LogP contribution >= 0.6 is 11.3 Å². The lowest BCUT2D eigenvalue weighted by atomic mass is 10.2. The van der Waals surface area contributed by atoms with Gasteiger partial charge in [-0.05, 0) is 33.7 Å². The van der Waals surface area contributed by atoms with Crippen molar-refractivity contribution in [2.45, 2.75) is 40.2 Å². The fourth-order valence-electron chi connectivity index (χ4n) is 1.69. The maximum absolute atomic E-state index is 11.6. The minimum atomic E-state index is 0.0383. The van der Waals surface area contributed by atoms with Gasteiger partial charge in [0.25, 0.3) is 0 Å². The number of aryl methyl sites for hydroxylation is 2. The molecular formula is C12H21N3OS. The van der Waals surface area contributed by atoms with E-state index in [1.807, 2.05) is 20.8 Å². The van der Waals surface area contributed by atoms with E-state index < -0.39 is 0 Å². The Morgan fingerprint density at radius 2 is 2.18 bits per heavy atom. The molecule has 0 fully saturated rings. The Morgan fingerprint density at radius 1 is 1.47 bits per heavy atom. The van der Waals surface area contributed by atoms with Gasteiger partial charge in [-0.2, -0.15) is 0 Å². The largest absolute Gasteiger partial charge is 0.348 e. The van der Waals surface area contributed by atoms with Crippen molar-refractivity contribution in [1.29, 1.82) is 0 Å². The number of amides is 1. The van der Waals surface area contributed by atoms with Crippen molar-refractivity contribution in [2.75, 3.05) is 13.1 Å². The molecule has 0 aromatic carbocycles. The third-order valence-electron chi connectivity index (χ3n) is 2.42. The van der Waals surface area contributed by atoms with Crippen molar-refractivity contribution >= 4 is 17.2 Å². The zero-order chi connectivity index (χ0) is 12.8. The van der Waals surface area contributed by atoms with Crippen LogP contribution in [0.3, 0.4) is 0 Å². The van der Waals surface area contributed by atoms with Crippen LogP contribution in [0.1, 0.15) is 41.9 Å². The van der Waals surface area contributed by atoms with E-state index >= 15 is 0 Å². The minimum Gasteiger partial charge on any atom is -0.348 e. The Hall–Kier alpha value is -0.940. The van der Waals surface area contributed by atoms with Crippen molar-refractivity contribution in [1.82, 2.24) is 15.6 Å². The number of thiazole rings is 1. The summed E-state index contributed by atoms with van der Waals surface area (Å²) in [5, 5.41) is 7.11. The molecule has 5 heteroatoms. The summed E-state index contributed by atoms with van der Waals surface area (Å²) >= 11 is 1.65. The summed E-state index contributed by atoms with van der Waals surface area (Å²) in [6.07, 6.45) is 1.04. The Labute approximate surface area is 107 Å². The maximum Gasteiger partial charge on any atom is 0.234 e. The number of nitrogens with zero attached hydrogens (tertiary/aromatic N) is 1. The zero-order valence-corrected chi connectivity index (χ0v) is 11.8. The molecule has 0 aliphatic carbocycles. The normalized spacial score (nSPS) is 12.5. The highest BCUT2D eigenvalue weighted by Crippen LogP contribution is 2.24. The zero-order valence-electron chi connectivity index (χ0n) is 11.0. The van der Waals surface area contributed by atoms with Crippen LogP contribution < -0.4 is 10.6 Å². The second-order valence-electron chi connectivity index (χ2n) is 4.15. The van der Waals surface area contributed by atoms with Gasteiger partial charge >= 0.3 is 0 Å². The predicted molar refractivity (Wildman–Crippen MR) is 71.3 cm³/mol. The third-order valence-corrected chi connectivity index (χ3v) is 3.68. The molecule has 96 valence electrons. The number of hydrogen-bond acceptors (Lipinski definition) is 4. The Balaban J connectivity index is 2.46. The van der Waals surface area contributed by atoms with Gasteiger partial charge in [0.05, 0.1) is 23.3 Å². The van der Waals surface area contributed by atoms with Crippen molar-refractivity contribution < 1.29 is 4.79 Å². The van der Waals surface area contributed by atoms with Crippen molar-refractivity contribution in [3.05, 3.63) is 15.6 Å². The molecule has 1 amide bonds. The van der Waals surface area contributed by atoms with E-state index in [2.05, 4.69) is 22.5 Å². The lowest BCUT2D eigenvalue weighted by molar-refractivity contribution is -0.120. The molecule has 2 N–H and O–H groups in total. The minimum absolute atomic E-state index is 0.0383. The van der Waals surface area contributed by atoms with Crippen molar-refractivity contribution in [2.24, 2.45) is 0 Å². The van der Waals surface area contributed by atoms with Gasteiger partial charge in [-0.1, -0.05) is 6.92 Å². The molecule has 17 heavy (non-hydrogen) atoms. The molecular weight excluding hydrogens is 234 g/mol. The topological polar surface area (TPSA) is 54.0 Å². The maximum atomic E-state index is 11.6. The van der Waals surface area contributed by atoms with Crippen LogP contribution in [0, 0.1) is 13.8 Å².